The second-order valence-corrected chi connectivity index (χ2v) is 7.32. The molecule has 3 amide bonds. The Morgan fingerprint density at radius 2 is 1.34 bits per heavy atom. The molecule has 0 radical (unpaired) electrons. The Labute approximate surface area is 171 Å². The van der Waals surface area contributed by atoms with E-state index in [1.807, 2.05) is 91.0 Å². The average Bonchev–Trinajstić information content (AvgIpc) is 3.10. The van der Waals surface area contributed by atoms with Crippen LogP contribution in [0.1, 0.15) is 17.5 Å². The van der Waals surface area contributed by atoms with Crippen LogP contribution in [-0.4, -0.2) is 29.4 Å². The molecule has 0 saturated carbocycles. The Morgan fingerprint density at radius 1 is 0.793 bits per heavy atom. The van der Waals surface area contributed by atoms with Gasteiger partial charge in [0.1, 0.15) is 0 Å². The fourth-order valence-electron chi connectivity index (χ4n) is 3.85. The third kappa shape index (κ3) is 4.37. The maximum atomic E-state index is 13.2. The third-order valence-electron chi connectivity index (χ3n) is 5.32. The van der Waals surface area contributed by atoms with Crippen LogP contribution >= 0.6 is 0 Å². The Hall–Kier alpha value is -3.40. The monoisotopic (exact) mass is 384 g/mol. The van der Waals surface area contributed by atoms with E-state index in [0.29, 0.717) is 25.8 Å². The molecule has 1 saturated heterocycles. The lowest BCUT2D eigenvalue weighted by molar-refractivity contribution is -0.129. The average molecular weight is 384 g/mol. The SMILES string of the molecule is O=C(CCc1ccccc1)N1C(=O)N(c2ccccc2)C[C@@H]1Cc1ccccc1. The van der Waals surface area contributed by atoms with Crippen LogP contribution < -0.4 is 4.90 Å². The number of anilines is 1. The molecule has 1 aliphatic heterocycles. The minimum atomic E-state index is -0.227. The third-order valence-corrected chi connectivity index (χ3v) is 5.32. The van der Waals surface area contributed by atoms with E-state index >= 15 is 0 Å². The van der Waals surface area contributed by atoms with Gasteiger partial charge in [0.2, 0.25) is 5.91 Å². The van der Waals surface area contributed by atoms with Crippen molar-refractivity contribution in [3.8, 4) is 0 Å². The molecule has 4 heteroatoms. The quantitative estimate of drug-likeness (QED) is 0.618. The van der Waals surface area contributed by atoms with Gasteiger partial charge in [0, 0.05) is 18.7 Å². The topological polar surface area (TPSA) is 40.6 Å². The minimum Gasteiger partial charge on any atom is -0.292 e. The molecule has 3 aromatic carbocycles. The molecule has 146 valence electrons. The summed E-state index contributed by atoms with van der Waals surface area (Å²) in [5.41, 5.74) is 3.06. The lowest BCUT2D eigenvalue weighted by Crippen LogP contribution is -2.41. The highest BCUT2D eigenvalue weighted by Gasteiger charge is 2.41. The molecule has 1 atom stereocenters. The molecule has 1 fully saturated rings. The van der Waals surface area contributed by atoms with E-state index in [9.17, 15) is 9.59 Å². The lowest BCUT2D eigenvalue weighted by Gasteiger charge is -2.21. The van der Waals surface area contributed by atoms with Gasteiger partial charge in [-0.2, -0.15) is 0 Å². The van der Waals surface area contributed by atoms with Gasteiger partial charge in [-0.25, -0.2) is 4.79 Å². The lowest BCUT2D eigenvalue weighted by atomic mass is 10.0. The highest BCUT2D eigenvalue weighted by Crippen LogP contribution is 2.26. The van der Waals surface area contributed by atoms with Gasteiger partial charge in [-0.3, -0.25) is 14.6 Å². The second kappa shape index (κ2) is 8.74. The van der Waals surface area contributed by atoms with Crippen LogP contribution in [0.2, 0.25) is 0 Å². The number of urea groups is 1. The normalized spacial score (nSPS) is 16.3. The summed E-state index contributed by atoms with van der Waals surface area (Å²) in [4.78, 5) is 29.5. The van der Waals surface area contributed by atoms with E-state index in [1.165, 1.54) is 4.90 Å². The fraction of sp³-hybridized carbons (Fsp3) is 0.200. The summed E-state index contributed by atoms with van der Waals surface area (Å²) in [5.74, 6) is -0.113. The summed E-state index contributed by atoms with van der Waals surface area (Å²) in [6, 6.07) is 29.1. The van der Waals surface area contributed by atoms with Gasteiger partial charge in [-0.15, -0.1) is 0 Å². The number of nitrogens with zero attached hydrogens (tertiary/aromatic N) is 2. The van der Waals surface area contributed by atoms with E-state index in [1.54, 1.807) is 4.90 Å². The number of hydrogen-bond acceptors (Lipinski definition) is 2. The molecule has 1 heterocycles. The number of aryl methyl sites for hydroxylation is 1. The van der Waals surface area contributed by atoms with Gasteiger partial charge < -0.3 is 0 Å². The highest BCUT2D eigenvalue weighted by atomic mass is 16.2. The first kappa shape index (κ1) is 18.9. The molecule has 3 aromatic rings. The zero-order valence-electron chi connectivity index (χ0n) is 16.3. The van der Waals surface area contributed by atoms with Crippen molar-refractivity contribution in [1.29, 1.82) is 0 Å². The molecule has 4 nitrogen and oxygen atoms in total. The minimum absolute atomic E-state index is 0.113. The Kier molecular flexibility index (Phi) is 5.71. The molecule has 0 aliphatic carbocycles. The largest absolute Gasteiger partial charge is 0.331 e. The van der Waals surface area contributed by atoms with Crippen LogP contribution in [0.3, 0.4) is 0 Å². The number of para-hydroxylation sites is 1. The maximum absolute atomic E-state index is 13.2. The molecule has 29 heavy (non-hydrogen) atoms. The van der Waals surface area contributed by atoms with Crippen molar-refractivity contribution in [2.45, 2.75) is 25.3 Å². The summed E-state index contributed by atoms with van der Waals surface area (Å²) in [7, 11) is 0. The summed E-state index contributed by atoms with van der Waals surface area (Å²) < 4.78 is 0. The summed E-state index contributed by atoms with van der Waals surface area (Å²) in [5, 5.41) is 0. The van der Waals surface area contributed by atoms with Gasteiger partial charge in [-0.1, -0.05) is 78.9 Å². The van der Waals surface area contributed by atoms with E-state index in [-0.39, 0.29) is 18.0 Å². The summed E-state index contributed by atoms with van der Waals surface area (Å²) >= 11 is 0. The van der Waals surface area contributed by atoms with Crippen LogP contribution in [0.5, 0.6) is 0 Å². The number of imide groups is 1. The second-order valence-electron chi connectivity index (χ2n) is 7.32. The highest BCUT2D eigenvalue weighted by molar-refractivity contribution is 6.05. The summed E-state index contributed by atoms with van der Waals surface area (Å²) in [6.45, 7) is 0.509. The van der Waals surface area contributed by atoms with Crippen molar-refractivity contribution in [3.05, 3.63) is 102 Å². The van der Waals surface area contributed by atoms with Crippen LogP contribution in [0.4, 0.5) is 10.5 Å². The number of rotatable bonds is 6. The van der Waals surface area contributed by atoms with Crippen molar-refractivity contribution in [1.82, 2.24) is 4.90 Å². The van der Waals surface area contributed by atoms with Crippen LogP contribution in [0.15, 0.2) is 91.0 Å². The van der Waals surface area contributed by atoms with Gasteiger partial charge in [-0.05, 0) is 36.1 Å². The predicted molar refractivity (Wildman–Crippen MR) is 115 cm³/mol. The Morgan fingerprint density at radius 3 is 1.97 bits per heavy atom. The molecule has 0 aromatic heterocycles. The van der Waals surface area contributed by atoms with Crippen molar-refractivity contribution >= 4 is 17.6 Å². The number of benzene rings is 3. The van der Waals surface area contributed by atoms with Crippen molar-refractivity contribution in [3.63, 3.8) is 0 Å². The molecule has 0 N–H and O–H groups in total. The fourth-order valence-corrected chi connectivity index (χ4v) is 3.85. The van der Waals surface area contributed by atoms with Gasteiger partial charge in [0.05, 0.1) is 6.04 Å². The molecule has 0 bridgehead atoms. The first-order valence-electron chi connectivity index (χ1n) is 9.99. The van der Waals surface area contributed by atoms with Gasteiger partial charge in [0.25, 0.3) is 0 Å². The molecular weight excluding hydrogens is 360 g/mol. The number of hydrogen-bond donors (Lipinski definition) is 0. The number of amides is 3. The maximum Gasteiger partial charge on any atom is 0.331 e. The molecule has 1 aliphatic rings. The van der Waals surface area contributed by atoms with E-state index < -0.39 is 0 Å². The number of carbonyl (C=O) groups is 2. The van der Waals surface area contributed by atoms with Crippen molar-refractivity contribution in [2.75, 3.05) is 11.4 Å². The van der Waals surface area contributed by atoms with E-state index in [4.69, 9.17) is 0 Å². The van der Waals surface area contributed by atoms with Crippen molar-refractivity contribution < 1.29 is 9.59 Å². The molecule has 0 spiro atoms. The van der Waals surface area contributed by atoms with Crippen LogP contribution in [0, 0.1) is 0 Å². The van der Waals surface area contributed by atoms with Crippen LogP contribution in [-0.2, 0) is 17.6 Å². The van der Waals surface area contributed by atoms with E-state index in [0.717, 1.165) is 16.8 Å². The Balaban J connectivity index is 1.54. The van der Waals surface area contributed by atoms with Gasteiger partial charge in [0.15, 0.2) is 0 Å². The standard InChI is InChI=1S/C25H24N2O2/c28-24(17-16-20-10-4-1-5-11-20)27-23(18-21-12-6-2-7-13-21)19-26(25(27)29)22-14-8-3-9-15-22/h1-15,23H,16-19H2/t23-/m0/s1. The zero-order valence-corrected chi connectivity index (χ0v) is 16.3. The Bertz CT molecular complexity index is 958. The first-order chi connectivity index (χ1) is 14.2. The summed E-state index contributed by atoms with van der Waals surface area (Å²) in [6.07, 6.45) is 1.61. The smallest absolute Gasteiger partial charge is 0.292 e. The van der Waals surface area contributed by atoms with E-state index in [2.05, 4.69) is 0 Å². The molecule has 0 unspecified atom stereocenters. The molecular formula is C25H24N2O2. The first-order valence-corrected chi connectivity index (χ1v) is 9.99. The number of carbonyl (C=O) groups excluding carboxylic acids is 2. The van der Waals surface area contributed by atoms with Crippen LogP contribution in [0.25, 0.3) is 0 Å². The van der Waals surface area contributed by atoms with Crippen molar-refractivity contribution in [2.24, 2.45) is 0 Å². The predicted octanol–water partition coefficient (Wildman–Crippen LogP) is 4.70. The molecule has 4 rings (SSSR count). The zero-order chi connectivity index (χ0) is 20.1. The van der Waals surface area contributed by atoms with Gasteiger partial charge >= 0.3 is 6.03 Å².